The van der Waals surface area contributed by atoms with Gasteiger partial charge in [0.25, 0.3) is 5.91 Å². The number of alkyl halides is 3. The minimum Gasteiger partial charge on any atom is -0.493 e. The minimum atomic E-state index is -4.51. The Morgan fingerprint density at radius 3 is 2.40 bits per heavy atom. The lowest BCUT2D eigenvalue weighted by molar-refractivity contribution is -0.136. The van der Waals surface area contributed by atoms with Crippen LogP contribution in [0.1, 0.15) is 76.5 Å². The summed E-state index contributed by atoms with van der Waals surface area (Å²) in [6, 6.07) is 10.8. The molecule has 1 N–H and O–H groups in total. The molecule has 3 amide bonds. The molecule has 0 bridgehead atoms. The van der Waals surface area contributed by atoms with Gasteiger partial charge in [0.2, 0.25) is 0 Å². The van der Waals surface area contributed by atoms with Gasteiger partial charge in [-0.15, -0.1) is 0 Å². The summed E-state index contributed by atoms with van der Waals surface area (Å²) in [5.41, 5.74) is -0.559. The third-order valence-electron chi connectivity index (χ3n) is 7.35. The molecule has 2 aromatic carbocycles. The van der Waals surface area contributed by atoms with Crippen molar-refractivity contribution in [2.45, 2.75) is 84.0 Å². The number of amides is 3. The van der Waals surface area contributed by atoms with Gasteiger partial charge in [0.05, 0.1) is 23.8 Å². The van der Waals surface area contributed by atoms with E-state index >= 15 is 0 Å². The second-order valence-corrected chi connectivity index (χ2v) is 11.0. The van der Waals surface area contributed by atoms with Crippen molar-refractivity contribution in [1.82, 2.24) is 15.2 Å². The molecule has 1 aliphatic heterocycles. The van der Waals surface area contributed by atoms with Gasteiger partial charge in [-0.1, -0.05) is 44.4 Å². The van der Waals surface area contributed by atoms with Crippen molar-refractivity contribution in [3.8, 4) is 11.5 Å². The van der Waals surface area contributed by atoms with E-state index in [2.05, 4.69) is 10.3 Å². The maximum absolute atomic E-state index is 13.5. The van der Waals surface area contributed by atoms with E-state index in [-0.39, 0.29) is 17.5 Å². The van der Waals surface area contributed by atoms with Crippen molar-refractivity contribution >= 4 is 22.8 Å². The monoisotopic (exact) mass is 585 g/mol. The minimum absolute atomic E-state index is 0.0295. The summed E-state index contributed by atoms with van der Waals surface area (Å²) in [4.78, 5) is 31.3. The molecule has 1 saturated heterocycles. The molecule has 0 spiro atoms. The smallest absolute Gasteiger partial charge is 0.418 e. The van der Waals surface area contributed by atoms with E-state index in [9.17, 15) is 22.8 Å². The second kappa shape index (κ2) is 13.0. The number of fused-ring (bicyclic) bond motifs is 1. The summed E-state index contributed by atoms with van der Waals surface area (Å²) in [6.07, 6.45) is 1.30. The van der Waals surface area contributed by atoms with Crippen LogP contribution in [0.15, 0.2) is 48.7 Å². The summed E-state index contributed by atoms with van der Waals surface area (Å²) in [5.74, 6) is 0.856. The molecule has 10 heteroatoms. The molecular formula is C32H38F3N3O4. The van der Waals surface area contributed by atoms with E-state index in [1.807, 2.05) is 20.8 Å². The number of carbonyl (C=O) groups excluding carboxylic acids is 2. The number of pyridine rings is 1. The standard InChI is InChI=1S/C32H38F3N3O4/c1-5-11-22-20-36-27-25(12-10-13-26(27)32(33,34)35)28(22)41-19-9-7-6-8-18-38-29(39)31(4,37-30(38)40)23-14-16-24(17-15-23)42-21(2)3/h10,12-17,20-21H,5-9,11,18-19H2,1-4H3,(H,37,40). The van der Waals surface area contributed by atoms with Crippen molar-refractivity contribution in [3.63, 3.8) is 0 Å². The number of benzene rings is 2. The number of unbranched alkanes of at least 4 members (excludes halogenated alkanes) is 3. The summed E-state index contributed by atoms with van der Waals surface area (Å²) >= 11 is 0. The van der Waals surface area contributed by atoms with Crippen molar-refractivity contribution in [2.75, 3.05) is 13.2 Å². The molecule has 2 heterocycles. The number of urea groups is 1. The van der Waals surface area contributed by atoms with E-state index in [4.69, 9.17) is 9.47 Å². The number of hydrogen-bond donors (Lipinski definition) is 1. The lowest BCUT2D eigenvalue weighted by atomic mass is 9.92. The average molecular weight is 586 g/mol. The highest BCUT2D eigenvalue weighted by Crippen LogP contribution is 2.38. The van der Waals surface area contributed by atoms with E-state index in [0.717, 1.165) is 30.9 Å². The zero-order chi connectivity index (χ0) is 30.5. The highest BCUT2D eigenvalue weighted by molar-refractivity contribution is 6.07. The average Bonchev–Trinajstić information content (AvgIpc) is 3.16. The van der Waals surface area contributed by atoms with Gasteiger partial charge in [0.1, 0.15) is 17.0 Å². The van der Waals surface area contributed by atoms with Crippen LogP contribution in [0.3, 0.4) is 0 Å². The number of imide groups is 1. The Kier molecular flexibility index (Phi) is 9.64. The number of ether oxygens (including phenoxy) is 2. The Bertz CT molecular complexity index is 1410. The van der Waals surface area contributed by atoms with Gasteiger partial charge in [-0.3, -0.25) is 14.7 Å². The zero-order valence-electron chi connectivity index (χ0n) is 24.5. The van der Waals surface area contributed by atoms with E-state index in [0.29, 0.717) is 54.9 Å². The van der Waals surface area contributed by atoms with Crippen LogP contribution in [0.2, 0.25) is 0 Å². The Morgan fingerprint density at radius 1 is 1.02 bits per heavy atom. The predicted octanol–water partition coefficient (Wildman–Crippen LogP) is 7.40. The van der Waals surface area contributed by atoms with Crippen molar-refractivity contribution < 1.29 is 32.2 Å². The number of halogens is 3. The van der Waals surface area contributed by atoms with Crippen LogP contribution < -0.4 is 14.8 Å². The Balaban J connectivity index is 1.29. The second-order valence-electron chi connectivity index (χ2n) is 11.0. The molecule has 1 atom stereocenters. The van der Waals surface area contributed by atoms with Gasteiger partial charge in [0.15, 0.2) is 0 Å². The maximum Gasteiger partial charge on any atom is 0.418 e. The molecule has 4 rings (SSSR count). The van der Waals surface area contributed by atoms with Crippen LogP contribution in [0.25, 0.3) is 10.9 Å². The normalized spacial score (nSPS) is 17.3. The van der Waals surface area contributed by atoms with Gasteiger partial charge < -0.3 is 14.8 Å². The Hall–Kier alpha value is -3.82. The molecule has 0 aliphatic carbocycles. The summed E-state index contributed by atoms with van der Waals surface area (Å²) < 4.78 is 52.3. The molecule has 7 nitrogen and oxygen atoms in total. The first-order chi connectivity index (χ1) is 20.0. The number of hydrogen-bond acceptors (Lipinski definition) is 5. The van der Waals surface area contributed by atoms with E-state index in [1.54, 1.807) is 37.3 Å². The Labute approximate surface area is 244 Å². The fourth-order valence-electron chi connectivity index (χ4n) is 5.22. The SMILES string of the molecule is CCCc1cnc2c(C(F)(F)F)cccc2c1OCCCCCCN1C(=O)NC(C)(c2ccc(OC(C)C)cc2)C1=O. The third kappa shape index (κ3) is 6.79. The maximum atomic E-state index is 13.5. The number of para-hydroxylation sites is 1. The molecular weight excluding hydrogens is 547 g/mol. The summed E-state index contributed by atoms with van der Waals surface area (Å²) in [6.45, 7) is 8.20. The topological polar surface area (TPSA) is 80.8 Å². The van der Waals surface area contributed by atoms with Crippen LogP contribution in [-0.4, -0.2) is 41.1 Å². The molecule has 1 unspecified atom stereocenters. The van der Waals surface area contributed by atoms with Gasteiger partial charge in [-0.25, -0.2) is 4.79 Å². The molecule has 42 heavy (non-hydrogen) atoms. The van der Waals surface area contributed by atoms with Crippen LogP contribution in [0, 0.1) is 0 Å². The van der Waals surface area contributed by atoms with E-state index < -0.39 is 23.3 Å². The number of aryl methyl sites for hydroxylation is 1. The molecule has 1 aromatic heterocycles. The highest BCUT2D eigenvalue weighted by atomic mass is 19.4. The molecule has 0 saturated carbocycles. The van der Waals surface area contributed by atoms with Crippen molar-refractivity contribution in [3.05, 3.63) is 65.4 Å². The molecule has 3 aromatic rings. The fourth-order valence-corrected chi connectivity index (χ4v) is 5.22. The molecule has 1 fully saturated rings. The third-order valence-corrected chi connectivity index (χ3v) is 7.35. The number of rotatable bonds is 13. The molecule has 1 aliphatic rings. The quantitative estimate of drug-likeness (QED) is 0.167. The highest BCUT2D eigenvalue weighted by Gasteiger charge is 2.48. The number of nitrogens with one attached hydrogen (secondary N) is 1. The summed E-state index contributed by atoms with van der Waals surface area (Å²) in [5, 5.41) is 3.19. The fraction of sp³-hybridized carbons (Fsp3) is 0.469. The van der Waals surface area contributed by atoms with Crippen molar-refractivity contribution in [2.24, 2.45) is 0 Å². The van der Waals surface area contributed by atoms with E-state index in [1.165, 1.54) is 17.2 Å². The molecule has 226 valence electrons. The zero-order valence-corrected chi connectivity index (χ0v) is 24.5. The van der Waals surface area contributed by atoms with Crippen LogP contribution in [0.4, 0.5) is 18.0 Å². The molecule has 0 radical (unpaired) electrons. The largest absolute Gasteiger partial charge is 0.493 e. The van der Waals surface area contributed by atoms with Gasteiger partial charge in [-0.2, -0.15) is 13.2 Å². The van der Waals surface area contributed by atoms with Gasteiger partial charge in [0, 0.05) is 23.7 Å². The van der Waals surface area contributed by atoms with Crippen LogP contribution in [-0.2, 0) is 22.9 Å². The lowest BCUT2D eigenvalue weighted by Crippen LogP contribution is -2.41. The number of aromatic nitrogens is 1. The Morgan fingerprint density at radius 2 is 1.74 bits per heavy atom. The van der Waals surface area contributed by atoms with Gasteiger partial charge >= 0.3 is 12.2 Å². The predicted molar refractivity (Wildman–Crippen MR) is 155 cm³/mol. The van der Waals surface area contributed by atoms with Crippen LogP contribution >= 0.6 is 0 Å². The van der Waals surface area contributed by atoms with Gasteiger partial charge in [-0.05, 0) is 69.9 Å². The first kappa shape index (κ1) is 31.1. The number of carbonyl (C=O) groups is 2. The summed E-state index contributed by atoms with van der Waals surface area (Å²) in [7, 11) is 0. The van der Waals surface area contributed by atoms with Crippen molar-refractivity contribution in [1.29, 1.82) is 0 Å². The lowest BCUT2D eigenvalue weighted by Gasteiger charge is -2.22. The first-order valence-corrected chi connectivity index (χ1v) is 14.5. The van der Waals surface area contributed by atoms with Crippen LogP contribution in [0.5, 0.6) is 11.5 Å². The number of nitrogens with zero attached hydrogens (tertiary/aromatic N) is 2. The first-order valence-electron chi connectivity index (χ1n) is 14.5.